The molecule has 0 unspecified atom stereocenters. The highest BCUT2D eigenvalue weighted by molar-refractivity contribution is 5.92. The number of amides is 1. The average Bonchev–Trinajstić information content (AvgIpc) is 3.42. The van der Waals surface area contributed by atoms with Crippen molar-refractivity contribution in [3.05, 3.63) is 47.3 Å². The van der Waals surface area contributed by atoms with Crippen LogP contribution >= 0.6 is 0 Å². The molecule has 0 bridgehead atoms. The van der Waals surface area contributed by atoms with E-state index in [4.69, 9.17) is 0 Å². The first kappa shape index (κ1) is 19.6. The van der Waals surface area contributed by atoms with Gasteiger partial charge in [-0.05, 0) is 43.0 Å². The van der Waals surface area contributed by atoms with Crippen LogP contribution in [-0.2, 0) is 6.54 Å². The van der Waals surface area contributed by atoms with Crippen LogP contribution in [-0.4, -0.2) is 70.7 Å². The first-order valence-electron chi connectivity index (χ1n) is 10.4. The van der Waals surface area contributed by atoms with Gasteiger partial charge in [0.25, 0.3) is 0 Å². The van der Waals surface area contributed by atoms with Gasteiger partial charge in [0, 0.05) is 64.6 Å². The van der Waals surface area contributed by atoms with Gasteiger partial charge in [0.15, 0.2) is 5.78 Å². The number of nitrogens with zero attached hydrogens (tertiary/aromatic N) is 5. The molecule has 0 atom stereocenters. The molecule has 1 amide bonds. The summed E-state index contributed by atoms with van der Waals surface area (Å²) in [6.07, 6.45) is 4.11. The Kier molecular flexibility index (Phi) is 5.67. The lowest BCUT2D eigenvalue weighted by Gasteiger charge is -2.35. The Labute approximate surface area is 171 Å². The molecule has 1 aromatic carbocycles. The van der Waals surface area contributed by atoms with Crippen molar-refractivity contribution < 1.29 is 9.59 Å². The number of carbonyl (C=O) groups excluding carboxylic acids is 2. The van der Waals surface area contributed by atoms with E-state index in [0.29, 0.717) is 18.8 Å². The SMILES string of the molecule is CC(=O)c1ccn(C(=O)N2CCN(Cc3ccc(C)cc3N3CCCC3)CC2)n1. The van der Waals surface area contributed by atoms with Crippen molar-refractivity contribution in [1.82, 2.24) is 19.6 Å². The van der Waals surface area contributed by atoms with Crippen molar-refractivity contribution in [3.63, 3.8) is 0 Å². The van der Waals surface area contributed by atoms with Crippen LogP contribution in [0.1, 0.15) is 41.4 Å². The fourth-order valence-electron chi connectivity index (χ4n) is 4.16. The summed E-state index contributed by atoms with van der Waals surface area (Å²) in [5, 5.41) is 4.09. The van der Waals surface area contributed by atoms with Crippen LogP contribution in [0, 0.1) is 6.92 Å². The lowest BCUT2D eigenvalue weighted by atomic mass is 10.1. The van der Waals surface area contributed by atoms with E-state index < -0.39 is 0 Å². The third kappa shape index (κ3) is 4.34. The molecule has 154 valence electrons. The number of benzene rings is 1. The summed E-state index contributed by atoms with van der Waals surface area (Å²) in [6, 6.07) is 8.19. The van der Waals surface area contributed by atoms with Gasteiger partial charge in [-0.2, -0.15) is 9.78 Å². The Morgan fingerprint density at radius 2 is 1.72 bits per heavy atom. The van der Waals surface area contributed by atoms with Crippen molar-refractivity contribution in [2.75, 3.05) is 44.2 Å². The molecule has 2 saturated heterocycles. The second-order valence-corrected chi connectivity index (χ2v) is 8.07. The molecule has 0 aliphatic carbocycles. The fourth-order valence-corrected chi connectivity index (χ4v) is 4.16. The molecular weight excluding hydrogens is 366 g/mol. The van der Waals surface area contributed by atoms with E-state index in [0.717, 1.165) is 32.7 Å². The number of Topliss-reactive ketones (excluding diaryl/α,β-unsaturated/α-hetero) is 1. The summed E-state index contributed by atoms with van der Waals surface area (Å²) < 4.78 is 1.28. The molecule has 1 aromatic heterocycles. The van der Waals surface area contributed by atoms with E-state index in [9.17, 15) is 9.59 Å². The van der Waals surface area contributed by atoms with E-state index in [-0.39, 0.29) is 11.8 Å². The molecule has 0 N–H and O–H groups in total. The summed E-state index contributed by atoms with van der Waals surface area (Å²) in [5.41, 5.74) is 4.37. The molecule has 7 nitrogen and oxygen atoms in total. The second kappa shape index (κ2) is 8.37. The van der Waals surface area contributed by atoms with Gasteiger partial charge in [0.05, 0.1) is 0 Å². The maximum Gasteiger partial charge on any atom is 0.344 e. The molecule has 3 heterocycles. The first-order chi connectivity index (χ1) is 14.0. The molecule has 2 fully saturated rings. The molecular formula is C22H29N5O2. The molecule has 7 heteroatoms. The molecule has 2 aliphatic rings. The van der Waals surface area contributed by atoms with Gasteiger partial charge < -0.3 is 9.80 Å². The van der Waals surface area contributed by atoms with Crippen LogP contribution in [0.5, 0.6) is 0 Å². The summed E-state index contributed by atoms with van der Waals surface area (Å²) in [7, 11) is 0. The monoisotopic (exact) mass is 395 g/mol. The molecule has 0 radical (unpaired) electrons. The number of anilines is 1. The van der Waals surface area contributed by atoms with Crippen LogP contribution in [0.2, 0.25) is 0 Å². The Morgan fingerprint density at radius 3 is 2.38 bits per heavy atom. The first-order valence-corrected chi connectivity index (χ1v) is 10.4. The largest absolute Gasteiger partial charge is 0.371 e. The Bertz CT molecular complexity index is 892. The van der Waals surface area contributed by atoms with E-state index in [2.05, 4.69) is 40.0 Å². The van der Waals surface area contributed by atoms with Crippen molar-refractivity contribution in [1.29, 1.82) is 0 Å². The number of hydrogen-bond donors (Lipinski definition) is 0. The number of hydrogen-bond acceptors (Lipinski definition) is 5. The zero-order chi connectivity index (χ0) is 20.4. The van der Waals surface area contributed by atoms with Gasteiger partial charge >= 0.3 is 6.03 Å². The molecule has 2 aliphatic heterocycles. The fraction of sp³-hybridized carbons (Fsp3) is 0.500. The van der Waals surface area contributed by atoms with E-state index >= 15 is 0 Å². The van der Waals surface area contributed by atoms with Gasteiger partial charge in [-0.25, -0.2) is 4.79 Å². The van der Waals surface area contributed by atoms with Crippen molar-refractivity contribution >= 4 is 17.5 Å². The number of ketones is 1. The second-order valence-electron chi connectivity index (χ2n) is 8.07. The van der Waals surface area contributed by atoms with Crippen molar-refractivity contribution in [2.24, 2.45) is 0 Å². The standard InChI is InChI=1S/C22H29N5O2/c1-17-5-6-19(21(15-17)25-8-3-4-9-25)16-24-11-13-26(14-12-24)22(29)27-10-7-20(23-27)18(2)28/h5-7,10,15H,3-4,8-9,11-14,16H2,1-2H3. The van der Waals surface area contributed by atoms with Crippen LogP contribution in [0.15, 0.2) is 30.5 Å². The van der Waals surface area contributed by atoms with Crippen molar-refractivity contribution in [3.8, 4) is 0 Å². The number of aryl methyl sites for hydroxylation is 1. The number of carbonyl (C=O) groups is 2. The Hall–Kier alpha value is -2.67. The van der Waals surface area contributed by atoms with Gasteiger partial charge in [-0.15, -0.1) is 0 Å². The van der Waals surface area contributed by atoms with Gasteiger partial charge in [0.1, 0.15) is 5.69 Å². The molecule has 0 saturated carbocycles. The van der Waals surface area contributed by atoms with Crippen LogP contribution < -0.4 is 4.90 Å². The predicted octanol–water partition coefficient (Wildman–Crippen LogP) is 2.78. The summed E-state index contributed by atoms with van der Waals surface area (Å²) >= 11 is 0. The maximum absolute atomic E-state index is 12.7. The van der Waals surface area contributed by atoms with E-state index in [1.165, 1.54) is 41.3 Å². The minimum atomic E-state index is -0.162. The third-order valence-corrected chi connectivity index (χ3v) is 5.87. The highest BCUT2D eigenvalue weighted by Crippen LogP contribution is 2.27. The normalized spacial score (nSPS) is 17.7. The van der Waals surface area contributed by atoms with Crippen LogP contribution in [0.25, 0.3) is 0 Å². The summed E-state index contributed by atoms with van der Waals surface area (Å²) in [5.74, 6) is -0.131. The number of piperazine rings is 1. The summed E-state index contributed by atoms with van der Waals surface area (Å²) in [6.45, 7) is 9.80. The molecule has 4 rings (SSSR count). The zero-order valence-electron chi connectivity index (χ0n) is 17.3. The van der Waals surface area contributed by atoms with E-state index in [1.54, 1.807) is 12.3 Å². The molecule has 29 heavy (non-hydrogen) atoms. The molecule has 0 spiro atoms. The van der Waals surface area contributed by atoms with Crippen LogP contribution in [0.4, 0.5) is 10.5 Å². The lowest BCUT2D eigenvalue weighted by Crippen LogP contribution is -2.49. The topological polar surface area (TPSA) is 61.7 Å². The predicted molar refractivity (Wildman–Crippen MR) is 113 cm³/mol. The zero-order valence-corrected chi connectivity index (χ0v) is 17.3. The highest BCUT2D eigenvalue weighted by Gasteiger charge is 2.24. The van der Waals surface area contributed by atoms with Crippen molar-refractivity contribution in [2.45, 2.75) is 33.2 Å². The van der Waals surface area contributed by atoms with Gasteiger partial charge in [-0.1, -0.05) is 12.1 Å². The number of rotatable bonds is 4. The summed E-state index contributed by atoms with van der Waals surface area (Å²) in [4.78, 5) is 30.8. The van der Waals surface area contributed by atoms with E-state index in [1.807, 2.05) is 4.90 Å². The quantitative estimate of drug-likeness (QED) is 0.745. The smallest absolute Gasteiger partial charge is 0.344 e. The Morgan fingerprint density at radius 1 is 1.00 bits per heavy atom. The Balaban J connectivity index is 1.38. The van der Waals surface area contributed by atoms with Gasteiger partial charge in [0.2, 0.25) is 0 Å². The average molecular weight is 396 g/mol. The molecule has 2 aromatic rings. The number of aromatic nitrogens is 2. The minimum absolute atomic E-state index is 0.131. The lowest BCUT2D eigenvalue weighted by molar-refractivity contribution is 0.101. The third-order valence-electron chi connectivity index (χ3n) is 5.87. The van der Waals surface area contributed by atoms with Gasteiger partial charge in [-0.3, -0.25) is 9.69 Å². The minimum Gasteiger partial charge on any atom is -0.371 e. The maximum atomic E-state index is 12.7. The van der Waals surface area contributed by atoms with Crippen LogP contribution in [0.3, 0.4) is 0 Å². The highest BCUT2D eigenvalue weighted by atomic mass is 16.2.